The zero-order chi connectivity index (χ0) is 11.1. The van der Waals surface area contributed by atoms with E-state index in [1.165, 1.54) is 32.1 Å². The zero-order valence-electron chi connectivity index (χ0n) is 9.87. The molecule has 2 nitrogen and oxygen atoms in total. The van der Waals surface area contributed by atoms with Crippen molar-refractivity contribution in [1.29, 1.82) is 0 Å². The maximum absolute atomic E-state index is 11.3. The number of carbonyl (C=O) groups is 1. The Morgan fingerprint density at radius 2 is 2.07 bits per heavy atom. The van der Waals surface area contributed by atoms with Gasteiger partial charge in [-0.1, -0.05) is 32.3 Å². The molecule has 0 aliphatic heterocycles. The van der Waals surface area contributed by atoms with Crippen LogP contribution in [0.25, 0.3) is 0 Å². The molecule has 1 rings (SSSR count). The Balaban J connectivity index is 2.26. The van der Waals surface area contributed by atoms with Crippen LogP contribution in [0.5, 0.6) is 0 Å². The van der Waals surface area contributed by atoms with Gasteiger partial charge in [-0.05, 0) is 32.1 Å². The Kier molecular flexibility index (Phi) is 5.44. The second kappa shape index (κ2) is 6.65. The minimum Gasteiger partial charge on any atom is -0.460 e. The molecular weight excluding hydrogens is 188 g/mol. The number of rotatable bonds is 4. The topological polar surface area (TPSA) is 26.3 Å². The van der Waals surface area contributed by atoms with Gasteiger partial charge in [-0.2, -0.15) is 0 Å². The molecule has 1 unspecified atom stereocenters. The number of hydrogen-bond acceptors (Lipinski definition) is 2. The standard InChI is InChI=1S/C13H22O2/c1-3-11(2)15-13(14)10-9-12-7-5-4-6-8-12/h9-12H,3-8H2,1-2H3. The summed E-state index contributed by atoms with van der Waals surface area (Å²) in [6, 6.07) is 0. The van der Waals surface area contributed by atoms with Gasteiger partial charge in [0.15, 0.2) is 0 Å². The third kappa shape index (κ3) is 5.01. The summed E-state index contributed by atoms with van der Waals surface area (Å²) in [4.78, 5) is 11.3. The second-order valence-electron chi connectivity index (χ2n) is 4.41. The smallest absolute Gasteiger partial charge is 0.330 e. The van der Waals surface area contributed by atoms with Gasteiger partial charge in [0.25, 0.3) is 0 Å². The number of carbonyl (C=O) groups excluding carboxylic acids is 1. The molecule has 15 heavy (non-hydrogen) atoms. The molecule has 0 N–H and O–H groups in total. The summed E-state index contributed by atoms with van der Waals surface area (Å²) in [5.74, 6) is 0.415. The van der Waals surface area contributed by atoms with Crippen molar-refractivity contribution in [3.8, 4) is 0 Å². The molecule has 0 heterocycles. The van der Waals surface area contributed by atoms with E-state index in [2.05, 4.69) is 0 Å². The van der Waals surface area contributed by atoms with Gasteiger partial charge in [-0.15, -0.1) is 0 Å². The van der Waals surface area contributed by atoms with E-state index in [-0.39, 0.29) is 12.1 Å². The van der Waals surface area contributed by atoms with E-state index < -0.39 is 0 Å². The summed E-state index contributed by atoms with van der Waals surface area (Å²) < 4.78 is 5.16. The van der Waals surface area contributed by atoms with Crippen molar-refractivity contribution in [2.24, 2.45) is 5.92 Å². The lowest BCUT2D eigenvalue weighted by atomic mass is 9.89. The molecule has 1 fully saturated rings. The Hall–Kier alpha value is -0.790. The highest BCUT2D eigenvalue weighted by molar-refractivity contribution is 5.82. The number of ether oxygens (including phenoxy) is 1. The first-order valence-electron chi connectivity index (χ1n) is 6.11. The highest BCUT2D eigenvalue weighted by Gasteiger charge is 2.11. The molecule has 0 amide bonds. The third-order valence-corrected chi connectivity index (χ3v) is 3.05. The van der Waals surface area contributed by atoms with Crippen LogP contribution in [0.15, 0.2) is 12.2 Å². The van der Waals surface area contributed by atoms with Crippen LogP contribution in [0.3, 0.4) is 0 Å². The van der Waals surface area contributed by atoms with Crippen molar-refractivity contribution in [2.45, 2.75) is 58.5 Å². The highest BCUT2D eigenvalue weighted by atomic mass is 16.5. The molecule has 0 radical (unpaired) electrons. The molecule has 0 aromatic heterocycles. The lowest BCUT2D eigenvalue weighted by molar-refractivity contribution is -0.142. The predicted octanol–water partition coefficient (Wildman–Crippen LogP) is 3.46. The molecule has 2 heteroatoms. The zero-order valence-corrected chi connectivity index (χ0v) is 9.87. The summed E-state index contributed by atoms with van der Waals surface area (Å²) in [7, 11) is 0. The van der Waals surface area contributed by atoms with Gasteiger partial charge in [0.05, 0.1) is 6.10 Å². The van der Waals surface area contributed by atoms with Gasteiger partial charge in [-0.3, -0.25) is 0 Å². The van der Waals surface area contributed by atoms with Crippen molar-refractivity contribution in [3.05, 3.63) is 12.2 Å². The molecule has 0 aromatic carbocycles. The van der Waals surface area contributed by atoms with Crippen LogP contribution in [-0.2, 0) is 9.53 Å². The molecular formula is C13H22O2. The van der Waals surface area contributed by atoms with Crippen molar-refractivity contribution < 1.29 is 9.53 Å². The Morgan fingerprint density at radius 1 is 1.40 bits per heavy atom. The van der Waals surface area contributed by atoms with Crippen LogP contribution >= 0.6 is 0 Å². The van der Waals surface area contributed by atoms with Gasteiger partial charge in [0.2, 0.25) is 0 Å². The minimum absolute atomic E-state index is 0.0357. The van der Waals surface area contributed by atoms with Gasteiger partial charge >= 0.3 is 5.97 Å². The van der Waals surface area contributed by atoms with E-state index >= 15 is 0 Å². The van der Waals surface area contributed by atoms with E-state index in [0.29, 0.717) is 5.92 Å². The number of esters is 1. The van der Waals surface area contributed by atoms with E-state index in [1.807, 2.05) is 19.9 Å². The largest absolute Gasteiger partial charge is 0.460 e. The Morgan fingerprint density at radius 3 is 2.67 bits per heavy atom. The van der Waals surface area contributed by atoms with Gasteiger partial charge < -0.3 is 4.74 Å². The van der Waals surface area contributed by atoms with E-state index in [1.54, 1.807) is 6.08 Å². The van der Waals surface area contributed by atoms with Crippen LogP contribution in [0.1, 0.15) is 52.4 Å². The molecule has 0 aromatic rings. The third-order valence-electron chi connectivity index (χ3n) is 3.05. The van der Waals surface area contributed by atoms with Gasteiger partial charge in [-0.25, -0.2) is 4.79 Å². The van der Waals surface area contributed by atoms with E-state index in [9.17, 15) is 4.79 Å². The Bertz CT molecular complexity index is 215. The lowest BCUT2D eigenvalue weighted by Crippen LogP contribution is -2.12. The fourth-order valence-electron chi connectivity index (χ4n) is 1.86. The van der Waals surface area contributed by atoms with E-state index in [0.717, 1.165) is 6.42 Å². The monoisotopic (exact) mass is 210 g/mol. The molecule has 86 valence electrons. The first-order chi connectivity index (χ1) is 7.22. The molecule has 0 saturated heterocycles. The molecule has 1 aliphatic carbocycles. The number of hydrogen-bond donors (Lipinski definition) is 0. The maximum Gasteiger partial charge on any atom is 0.330 e. The average Bonchev–Trinajstić information content (AvgIpc) is 2.27. The molecule has 1 atom stereocenters. The summed E-state index contributed by atoms with van der Waals surface area (Å²) in [5.41, 5.74) is 0. The summed E-state index contributed by atoms with van der Waals surface area (Å²) in [5, 5.41) is 0. The molecule has 0 spiro atoms. The fraction of sp³-hybridized carbons (Fsp3) is 0.769. The molecule has 1 aliphatic rings. The van der Waals surface area contributed by atoms with E-state index in [4.69, 9.17) is 4.74 Å². The van der Waals surface area contributed by atoms with Crippen LogP contribution in [0.4, 0.5) is 0 Å². The van der Waals surface area contributed by atoms with Crippen molar-refractivity contribution in [3.63, 3.8) is 0 Å². The fourth-order valence-corrected chi connectivity index (χ4v) is 1.86. The van der Waals surface area contributed by atoms with Crippen molar-refractivity contribution >= 4 is 5.97 Å². The first kappa shape index (κ1) is 12.3. The Labute approximate surface area is 92.7 Å². The van der Waals surface area contributed by atoms with Crippen LogP contribution in [0.2, 0.25) is 0 Å². The second-order valence-corrected chi connectivity index (χ2v) is 4.41. The van der Waals surface area contributed by atoms with Crippen molar-refractivity contribution in [1.82, 2.24) is 0 Å². The normalized spacial score (nSPS) is 20.4. The van der Waals surface area contributed by atoms with Crippen molar-refractivity contribution in [2.75, 3.05) is 0 Å². The van der Waals surface area contributed by atoms with Gasteiger partial charge in [0.1, 0.15) is 0 Å². The van der Waals surface area contributed by atoms with Crippen LogP contribution < -0.4 is 0 Å². The average molecular weight is 210 g/mol. The van der Waals surface area contributed by atoms with Crippen LogP contribution in [-0.4, -0.2) is 12.1 Å². The summed E-state index contributed by atoms with van der Waals surface area (Å²) in [6.45, 7) is 3.94. The summed E-state index contributed by atoms with van der Waals surface area (Å²) in [6.07, 6.45) is 11.0. The highest BCUT2D eigenvalue weighted by Crippen LogP contribution is 2.24. The summed E-state index contributed by atoms with van der Waals surface area (Å²) >= 11 is 0. The quantitative estimate of drug-likeness (QED) is 0.524. The van der Waals surface area contributed by atoms with Crippen LogP contribution in [0, 0.1) is 5.92 Å². The predicted molar refractivity (Wildman–Crippen MR) is 61.6 cm³/mol. The van der Waals surface area contributed by atoms with Gasteiger partial charge in [0, 0.05) is 6.08 Å². The number of allylic oxidation sites excluding steroid dienone is 1. The minimum atomic E-state index is -0.185. The lowest BCUT2D eigenvalue weighted by Gasteiger charge is -2.17. The first-order valence-corrected chi connectivity index (χ1v) is 6.11. The molecule has 1 saturated carbocycles. The maximum atomic E-state index is 11.3. The molecule has 0 bridgehead atoms. The SMILES string of the molecule is CCC(C)OC(=O)C=CC1CCCCC1.